The van der Waals surface area contributed by atoms with Crippen LogP contribution in [-0.2, 0) is 4.79 Å². The van der Waals surface area contributed by atoms with Gasteiger partial charge in [0, 0.05) is 10.5 Å². The van der Waals surface area contributed by atoms with Crippen LogP contribution in [0, 0.1) is 0 Å². The highest BCUT2D eigenvalue weighted by Gasteiger charge is 2.34. The van der Waals surface area contributed by atoms with Gasteiger partial charge in [0.05, 0.1) is 10.6 Å². The standard InChI is InChI=1S/C19H17BrN2OS/c1-13(2)21-19-22(16-6-4-3-5-7-16)18(23)17(24-19)12-14-8-10-15(20)11-9-14/h3-13H,1-2H3/b17-12-,21-19?. The molecule has 0 N–H and O–H groups in total. The van der Waals surface area contributed by atoms with Gasteiger partial charge < -0.3 is 0 Å². The Labute approximate surface area is 154 Å². The van der Waals surface area contributed by atoms with Gasteiger partial charge in [-0.2, -0.15) is 0 Å². The molecule has 2 aromatic rings. The average Bonchev–Trinajstić information content (AvgIpc) is 2.85. The largest absolute Gasteiger partial charge is 0.271 e. The molecule has 3 nitrogen and oxygen atoms in total. The van der Waals surface area contributed by atoms with Crippen molar-refractivity contribution in [3.63, 3.8) is 0 Å². The number of carbonyl (C=O) groups is 1. The van der Waals surface area contributed by atoms with Crippen molar-refractivity contribution < 1.29 is 4.79 Å². The Bertz CT molecular complexity index is 798. The number of halogens is 1. The monoisotopic (exact) mass is 400 g/mol. The second kappa shape index (κ2) is 7.36. The molecule has 5 heteroatoms. The van der Waals surface area contributed by atoms with E-state index in [1.807, 2.05) is 74.5 Å². The van der Waals surface area contributed by atoms with Crippen LogP contribution in [-0.4, -0.2) is 17.1 Å². The van der Waals surface area contributed by atoms with E-state index < -0.39 is 0 Å². The van der Waals surface area contributed by atoms with E-state index in [9.17, 15) is 4.79 Å². The quantitative estimate of drug-likeness (QED) is 0.651. The van der Waals surface area contributed by atoms with Crippen LogP contribution < -0.4 is 4.90 Å². The van der Waals surface area contributed by atoms with Gasteiger partial charge in [0.15, 0.2) is 5.17 Å². The first-order chi connectivity index (χ1) is 11.5. The van der Waals surface area contributed by atoms with Crippen molar-refractivity contribution in [2.45, 2.75) is 19.9 Å². The minimum Gasteiger partial charge on any atom is -0.268 e. The van der Waals surface area contributed by atoms with Crippen LogP contribution in [0.25, 0.3) is 6.08 Å². The molecule has 1 saturated heterocycles. The number of carbonyl (C=O) groups excluding carboxylic acids is 1. The lowest BCUT2D eigenvalue weighted by Gasteiger charge is -2.16. The highest BCUT2D eigenvalue weighted by atomic mass is 79.9. The van der Waals surface area contributed by atoms with Crippen LogP contribution >= 0.6 is 27.7 Å². The highest BCUT2D eigenvalue weighted by molar-refractivity contribution is 9.10. The smallest absolute Gasteiger partial charge is 0.268 e. The van der Waals surface area contributed by atoms with Gasteiger partial charge in [0.25, 0.3) is 5.91 Å². The first kappa shape index (κ1) is 17.0. The van der Waals surface area contributed by atoms with E-state index in [-0.39, 0.29) is 11.9 Å². The minimum atomic E-state index is -0.0338. The third-order valence-electron chi connectivity index (χ3n) is 3.36. The lowest BCUT2D eigenvalue weighted by molar-refractivity contribution is -0.113. The van der Waals surface area contributed by atoms with Crippen molar-refractivity contribution in [2.24, 2.45) is 4.99 Å². The van der Waals surface area contributed by atoms with Crippen molar-refractivity contribution in [1.29, 1.82) is 0 Å². The summed E-state index contributed by atoms with van der Waals surface area (Å²) in [4.78, 5) is 19.9. The Morgan fingerprint density at radius 3 is 2.38 bits per heavy atom. The minimum absolute atomic E-state index is 0.0338. The third-order valence-corrected chi connectivity index (χ3v) is 4.87. The summed E-state index contributed by atoms with van der Waals surface area (Å²) in [5.41, 5.74) is 1.83. The molecule has 1 aliphatic rings. The average molecular weight is 401 g/mol. The third kappa shape index (κ3) is 3.79. The van der Waals surface area contributed by atoms with Gasteiger partial charge in [0.2, 0.25) is 0 Å². The first-order valence-corrected chi connectivity index (χ1v) is 9.28. The summed E-state index contributed by atoms with van der Waals surface area (Å²) in [6.07, 6.45) is 1.91. The molecule has 1 heterocycles. The number of rotatable bonds is 3. The topological polar surface area (TPSA) is 32.7 Å². The Balaban J connectivity index is 1.99. The summed E-state index contributed by atoms with van der Waals surface area (Å²) >= 11 is 4.85. The summed E-state index contributed by atoms with van der Waals surface area (Å²) in [6, 6.07) is 17.7. The normalized spacial score (nSPS) is 18.2. The molecule has 0 bridgehead atoms. The maximum absolute atomic E-state index is 12.9. The van der Waals surface area contributed by atoms with E-state index in [0.717, 1.165) is 20.9 Å². The predicted molar refractivity (Wildman–Crippen MR) is 106 cm³/mol. The van der Waals surface area contributed by atoms with Crippen molar-refractivity contribution >= 4 is 50.5 Å². The van der Waals surface area contributed by atoms with Gasteiger partial charge in [-0.05, 0) is 61.5 Å². The number of hydrogen-bond acceptors (Lipinski definition) is 3. The zero-order chi connectivity index (χ0) is 17.1. The number of anilines is 1. The molecule has 0 aliphatic carbocycles. The zero-order valence-corrected chi connectivity index (χ0v) is 15.8. The van der Waals surface area contributed by atoms with Crippen molar-refractivity contribution in [2.75, 3.05) is 4.90 Å². The molecule has 0 spiro atoms. The first-order valence-electron chi connectivity index (χ1n) is 7.67. The molecule has 2 aromatic carbocycles. The van der Waals surface area contributed by atoms with Gasteiger partial charge in [-0.15, -0.1) is 0 Å². The van der Waals surface area contributed by atoms with Crippen LogP contribution in [0.5, 0.6) is 0 Å². The number of hydrogen-bond donors (Lipinski definition) is 0. The Kier molecular flexibility index (Phi) is 5.21. The van der Waals surface area contributed by atoms with Gasteiger partial charge in [-0.1, -0.05) is 46.3 Å². The summed E-state index contributed by atoms with van der Waals surface area (Å²) < 4.78 is 1.02. The highest BCUT2D eigenvalue weighted by Crippen LogP contribution is 2.36. The number of aliphatic imine (C=N–C) groups is 1. The van der Waals surface area contributed by atoms with Crippen molar-refractivity contribution in [1.82, 2.24) is 0 Å². The van der Waals surface area contributed by atoms with Gasteiger partial charge >= 0.3 is 0 Å². The summed E-state index contributed by atoms with van der Waals surface area (Å²) in [7, 11) is 0. The number of benzene rings is 2. The Morgan fingerprint density at radius 1 is 1.08 bits per heavy atom. The number of amidine groups is 1. The Morgan fingerprint density at radius 2 is 1.75 bits per heavy atom. The predicted octanol–water partition coefficient (Wildman–Crippen LogP) is 5.33. The molecule has 1 amide bonds. The van der Waals surface area contributed by atoms with E-state index in [1.54, 1.807) is 4.90 Å². The van der Waals surface area contributed by atoms with E-state index in [4.69, 9.17) is 0 Å². The lowest BCUT2D eigenvalue weighted by Crippen LogP contribution is -2.29. The van der Waals surface area contributed by atoms with E-state index >= 15 is 0 Å². The SMILES string of the molecule is CC(C)N=C1S/C(=C\c2ccc(Br)cc2)C(=O)N1c1ccccc1. The molecular weight excluding hydrogens is 384 g/mol. The van der Waals surface area contributed by atoms with Crippen LogP contribution in [0.4, 0.5) is 5.69 Å². The summed E-state index contributed by atoms with van der Waals surface area (Å²) in [5, 5.41) is 0.726. The van der Waals surface area contributed by atoms with Gasteiger partial charge in [0.1, 0.15) is 0 Å². The Hall–Kier alpha value is -1.85. The molecule has 0 unspecified atom stereocenters. The second-order valence-corrected chi connectivity index (χ2v) is 7.57. The number of amides is 1. The number of nitrogens with zero attached hydrogens (tertiary/aromatic N) is 2. The van der Waals surface area contributed by atoms with Crippen molar-refractivity contribution in [3.8, 4) is 0 Å². The summed E-state index contributed by atoms with van der Waals surface area (Å²) in [5.74, 6) is -0.0338. The molecule has 3 rings (SSSR count). The fourth-order valence-corrected chi connectivity index (χ4v) is 3.67. The summed E-state index contributed by atoms with van der Waals surface area (Å²) in [6.45, 7) is 4.02. The van der Waals surface area contributed by atoms with Crippen LogP contribution in [0.3, 0.4) is 0 Å². The van der Waals surface area contributed by atoms with Crippen LogP contribution in [0.1, 0.15) is 19.4 Å². The maximum atomic E-state index is 12.9. The number of thioether (sulfide) groups is 1. The molecule has 1 aliphatic heterocycles. The van der Waals surface area contributed by atoms with Crippen LogP contribution in [0.15, 0.2) is 69.0 Å². The van der Waals surface area contributed by atoms with Gasteiger partial charge in [-0.25, -0.2) is 0 Å². The van der Waals surface area contributed by atoms with Gasteiger partial charge in [-0.3, -0.25) is 14.7 Å². The van der Waals surface area contributed by atoms with Crippen LogP contribution in [0.2, 0.25) is 0 Å². The van der Waals surface area contributed by atoms with Crippen molar-refractivity contribution in [3.05, 3.63) is 69.5 Å². The molecular formula is C19H17BrN2OS. The molecule has 1 fully saturated rings. The molecule has 0 radical (unpaired) electrons. The lowest BCUT2D eigenvalue weighted by atomic mass is 10.2. The second-order valence-electron chi connectivity index (χ2n) is 5.64. The number of para-hydroxylation sites is 1. The van der Waals surface area contributed by atoms with E-state index in [0.29, 0.717) is 4.91 Å². The van der Waals surface area contributed by atoms with E-state index in [1.165, 1.54) is 11.8 Å². The molecule has 0 atom stereocenters. The molecule has 122 valence electrons. The molecule has 24 heavy (non-hydrogen) atoms. The maximum Gasteiger partial charge on any atom is 0.271 e. The zero-order valence-electron chi connectivity index (χ0n) is 13.4. The molecule has 0 saturated carbocycles. The van der Waals surface area contributed by atoms with E-state index in [2.05, 4.69) is 20.9 Å². The fourth-order valence-electron chi connectivity index (χ4n) is 2.30. The fraction of sp³-hybridized carbons (Fsp3) is 0.158. The molecule has 0 aromatic heterocycles.